The molecule has 9 nitrogen and oxygen atoms in total. The molecule has 0 heterocycles. The minimum Gasteiger partial charge on any atom is -0.497 e. The number of carbonyl (C=O) groups is 2. The molecule has 0 aromatic heterocycles. The van der Waals surface area contributed by atoms with Gasteiger partial charge in [0.25, 0.3) is 0 Å². The molecule has 0 spiro atoms. The topological polar surface area (TPSA) is 105 Å². The predicted octanol–water partition coefficient (Wildman–Crippen LogP) is 2.84. The van der Waals surface area contributed by atoms with Crippen molar-refractivity contribution < 1.29 is 27.5 Å². The highest BCUT2D eigenvalue weighted by Gasteiger charge is 2.32. The molecule has 36 heavy (non-hydrogen) atoms. The molecule has 0 aliphatic rings. The molecule has 1 atom stereocenters. The van der Waals surface area contributed by atoms with Gasteiger partial charge in [-0.25, -0.2) is 8.42 Å². The van der Waals surface area contributed by atoms with Crippen LogP contribution >= 0.6 is 0 Å². The molecule has 2 amide bonds. The van der Waals surface area contributed by atoms with Crippen molar-refractivity contribution in [3.8, 4) is 11.5 Å². The van der Waals surface area contributed by atoms with Crippen molar-refractivity contribution >= 4 is 27.5 Å². The zero-order chi connectivity index (χ0) is 27.1. The van der Waals surface area contributed by atoms with Crippen molar-refractivity contribution in [3.63, 3.8) is 0 Å². The molecule has 0 radical (unpaired) electrons. The molecule has 1 N–H and O–H groups in total. The number of hydrogen-bond acceptors (Lipinski definition) is 6. The Labute approximate surface area is 214 Å². The van der Waals surface area contributed by atoms with Crippen LogP contribution in [0.4, 0.5) is 5.69 Å². The van der Waals surface area contributed by atoms with Gasteiger partial charge in [-0.05, 0) is 51.8 Å². The molecule has 0 fully saturated rings. The van der Waals surface area contributed by atoms with Gasteiger partial charge < -0.3 is 19.7 Å². The summed E-state index contributed by atoms with van der Waals surface area (Å²) >= 11 is 0. The van der Waals surface area contributed by atoms with E-state index in [4.69, 9.17) is 9.47 Å². The number of nitrogens with zero attached hydrogens (tertiary/aromatic N) is 2. The van der Waals surface area contributed by atoms with Gasteiger partial charge in [0.05, 0.1) is 26.2 Å². The maximum absolute atomic E-state index is 13.6. The number of carbonyl (C=O) groups excluding carboxylic acids is 2. The summed E-state index contributed by atoms with van der Waals surface area (Å²) in [6.07, 6.45) is 1.53. The van der Waals surface area contributed by atoms with Crippen molar-refractivity contribution in [1.82, 2.24) is 10.2 Å². The first-order valence-electron chi connectivity index (χ1n) is 11.6. The van der Waals surface area contributed by atoms with E-state index in [1.54, 1.807) is 19.1 Å². The fourth-order valence-electron chi connectivity index (χ4n) is 3.63. The van der Waals surface area contributed by atoms with E-state index in [0.717, 1.165) is 16.1 Å². The average Bonchev–Trinajstić information content (AvgIpc) is 2.81. The third kappa shape index (κ3) is 8.15. The molecular weight excluding hydrogens is 482 g/mol. The molecule has 10 heteroatoms. The van der Waals surface area contributed by atoms with Crippen LogP contribution in [-0.2, 0) is 26.0 Å². The predicted molar refractivity (Wildman–Crippen MR) is 141 cm³/mol. The van der Waals surface area contributed by atoms with E-state index < -0.39 is 34.1 Å². The number of hydrogen-bond donors (Lipinski definition) is 1. The first-order valence-corrected chi connectivity index (χ1v) is 13.5. The van der Waals surface area contributed by atoms with E-state index in [1.165, 1.54) is 25.2 Å². The van der Waals surface area contributed by atoms with Crippen LogP contribution < -0.4 is 19.1 Å². The molecule has 198 valence electrons. The Hall–Kier alpha value is -3.27. The summed E-state index contributed by atoms with van der Waals surface area (Å²) in [6.45, 7) is 6.95. The number of anilines is 1. The molecule has 0 aliphatic heterocycles. The van der Waals surface area contributed by atoms with Gasteiger partial charge in [-0.1, -0.05) is 30.3 Å². The maximum atomic E-state index is 13.6. The highest BCUT2D eigenvalue weighted by Crippen LogP contribution is 2.33. The molecule has 0 saturated heterocycles. The summed E-state index contributed by atoms with van der Waals surface area (Å²) in [5.74, 6) is -0.114. The summed E-state index contributed by atoms with van der Waals surface area (Å²) in [4.78, 5) is 28.0. The SMILES string of the molecule is COc1ccc(N(CC(=O)N(CCc2ccccc2)[C@H](C)C(=O)NC(C)(C)C)S(C)(=O)=O)c(OC)c1. The molecule has 2 aromatic carbocycles. The molecular formula is C26H37N3O6S. The Kier molecular flexibility index (Phi) is 9.75. The van der Waals surface area contributed by atoms with Crippen molar-refractivity contribution in [1.29, 1.82) is 0 Å². The number of sulfonamides is 1. The molecule has 0 aliphatic carbocycles. The van der Waals surface area contributed by atoms with Crippen LogP contribution in [0.15, 0.2) is 48.5 Å². The molecule has 2 aromatic rings. The summed E-state index contributed by atoms with van der Waals surface area (Å²) in [7, 11) is -0.981. The molecule has 0 saturated carbocycles. The number of nitrogens with one attached hydrogen (secondary N) is 1. The van der Waals surface area contributed by atoms with Gasteiger partial charge in [-0.2, -0.15) is 0 Å². The van der Waals surface area contributed by atoms with Gasteiger partial charge in [0.1, 0.15) is 24.1 Å². The summed E-state index contributed by atoms with van der Waals surface area (Å²) in [6, 6.07) is 13.4. The van der Waals surface area contributed by atoms with Crippen LogP contribution in [0.25, 0.3) is 0 Å². The third-order valence-electron chi connectivity index (χ3n) is 5.48. The second-order valence-electron chi connectivity index (χ2n) is 9.55. The lowest BCUT2D eigenvalue weighted by atomic mass is 10.1. The molecule has 2 rings (SSSR count). The Bertz CT molecular complexity index is 1150. The minimum absolute atomic E-state index is 0.198. The first kappa shape index (κ1) is 29.0. The van der Waals surface area contributed by atoms with E-state index >= 15 is 0 Å². The van der Waals surface area contributed by atoms with Crippen molar-refractivity contribution in [2.45, 2.75) is 45.7 Å². The van der Waals surface area contributed by atoms with Crippen LogP contribution in [0.2, 0.25) is 0 Å². The smallest absolute Gasteiger partial charge is 0.244 e. The lowest BCUT2D eigenvalue weighted by molar-refractivity contribution is -0.139. The van der Waals surface area contributed by atoms with Crippen LogP contribution in [-0.4, -0.2) is 70.3 Å². The van der Waals surface area contributed by atoms with E-state index in [-0.39, 0.29) is 23.9 Å². The lowest BCUT2D eigenvalue weighted by Gasteiger charge is -2.33. The van der Waals surface area contributed by atoms with Crippen molar-refractivity contribution in [2.75, 3.05) is 37.9 Å². The van der Waals surface area contributed by atoms with Gasteiger partial charge in [0, 0.05) is 18.2 Å². The molecule has 0 bridgehead atoms. The van der Waals surface area contributed by atoms with Crippen LogP contribution in [0.5, 0.6) is 11.5 Å². The van der Waals surface area contributed by atoms with Crippen LogP contribution in [0.3, 0.4) is 0 Å². The van der Waals surface area contributed by atoms with Gasteiger partial charge in [-0.3, -0.25) is 13.9 Å². The van der Waals surface area contributed by atoms with E-state index in [0.29, 0.717) is 12.2 Å². The summed E-state index contributed by atoms with van der Waals surface area (Å²) < 4.78 is 37.1. The third-order valence-corrected chi connectivity index (χ3v) is 6.61. The first-order chi connectivity index (χ1) is 16.8. The number of ether oxygens (including phenoxy) is 2. The fraction of sp³-hybridized carbons (Fsp3) is 0.462. The standard InChI is InChI=1S/C26H37N3O6S/c1-19(25(31)27-26(2,3)4)28(16-15-20-11-9-8-10-12-20)24(30)18-29(36(7,32)33)22-14-13-21(34-5)17-23(22)35-6/h8-14,17,19H,15-16,18H2,1-7H3,(H,27,31)/t19-/m1/s1. The fourth-order valence-corrected chi connectivity index (χ4v) is 4.48. The number of amides is 2. The highest BCUT2D eigenvalue weighted by molar-refractivity contribution is 7.92. The Morgan fingerprint density at radius 3 is 2.19 bits per heavy atom. The van der Waals surface area contributed by atoms with Crippen LogP contribution in [0.1, 0.15) is 33.3 Å². The zero-order valence-electron chi connectivity index (χ0n) is 22.1. The number of benzene rings is 2. The number of methoxy groups -OCH3 is 2. The lowest BCUT2D eigenvalue weighted by Crippen LogP contribution is -2.55. The van der Waals surface area contributed by atoms with Gasteiger partial charge >= 0.3 is 0 Å². The second-order valence-corrected chi connectivity index (χ2v) is 11.5. The maximum Gasteiger partial charge on any atom is 0.244 e. The number of rotatable bonds is 11. The van der Waals surface area contributed by atoms with E-state index in [2.05, 4.69) is 5.32 Å². The largest absolute Gasteiger partial charge is 0.497 e. The summed E-state index contributed by atoms with van der Waals surface area (Å²) in [5, 5.41) is 2.90. The summed E-state index contributed by atoms with van der Waals surface area (Å²) in [5.41, 5.74) is 0.703. The van der Waals surface area contributed by atoms with Crippen LogP contribution in [0, 0.1) is 0 Å². The molecule has 0 unspecified atom stereocenters. The quantitative estimate of drug-likeness (QED) is 0.490. The van der Waals surface area contributed by atoms with Crippen molar-refractivity contribution in [2.24, 2.45) is 0 Å². The second kappa shape index (κ2) is 12.1. The monoisotopic (exact) mass is 519 g/mol. The van der Waals surface area contributed by atoms with E-state index in [1.807, 2.05) is 51.1 Å². The average molecular weight is 520 g/mol. The normalized spacial score (nSPS) is 12.4. The Morgan fingerprint density at radius 2 is 1.67 bits per heavy atom. The van der Waals surface area contributed by atoms with Gasteiger partial charge in [0.2, 0.25) is 21.8 Å². The van der Waals surface area contributed by atoms with Gasteiger partial charge in [-0.15, -0.1) is 0 Å². The highest BCUT2D eigenvalue weighted by atomic mass is 32.2. The van der Waals surface area contributed by atoms with Crippen molar-refractivity contribution in [3.05, 3.63) is 54.1 Å². The minimum atomic E-state index is -3.88. The van der Waals surface area contributed by atoms with E-state index in [9.17, 15) is 18.0 Å². The Balaban J connectivity index is 2.40. The zero-order valence-corrected chi connectivity index (χ0v) is 22.9. The van der Waals surface area contributed by atoms with Gasteiger partial charge in [0.15, 0.2) is 0 Å². The Morgan fingerprint density at radius 1 is 1.03 bits per heavy atom.